The number of halogens is 1. The van der Waals surface area contributed by atoms with Crippen molar-refractivity contribution in [2.24, 2.45) is 0 Å². The Labute approximate surface area is 220 Å². The van der Waals surface area contributed by atoms with Gasteiger partial charge in [0.15, 0.2) is 0 Å². The first-order valence-electron chi connectivity index (χ1n) is 11.3. The zero-order valence-corrected chi connectivity index (χ0v) is 22.2. The summed E-state index contributed by atoms with van der Waals surface area (Å²) < 4.78 is 10.4. The lowest BCUT2D eigenvalue weighted by atomic mass is 9.82. The van der Waals surface area contributed by atoms with E-state index < -0.39 is 11.9 Å². The molecule has 0 aliphatic carbocycles. The number of rotatable bonds is 9. The van der Waals surface area contributed by atoms with Crippen LogP contribution in [-0.2, 0) is 19.1 Å². The minimum atomic E-state index is -0.745. The number of thioether (sulfide) groups is 1. The average Bonchev–Trinajstić information content (AvgIpc) is 2.84. The predicted molar refractivity (Wildman–Crippen MR) is 143 cm³/mol. The molecule has 3 rings (SSSR count). The number of aryl methyl sites for hydroxylation is 2. The first-order valence-corrected chi connectivity index (χ1v) is 12.7. The molecule has 0 aromatic heterocycles. The van der Waals surface area contributed by atoms with Crippen LogP contribution in [0.4, 0.5) is 5.69 Å². The molecular formula is C27H28ClN3O4S. The Morgan fingerprint density at radius 3 is 2.58 bits per heavy atom. The summed E-state index contributed by atoms with van der Waals surface area (Å²) >= 11 is 7.69. The number of hydrogen-bond donors (Lipinski definition) is 2. The van der Waals surface area contributed by atoms with Crippen molar-refractivity contribution in [1.29, 1.82) is 5.26 Å². The number of hydrogen-bond acceptors (Lipinski definition) is 7. The van der Waals surface area contributed by atoms with Crippen LogP contribution in [0.1, 0.15) is 29.5 Å². The Morgan fingerprint density at radius 2 is 1.92 bits per heavy atom. The highest BCUT2D eigenvalue weighted by atomic mass is 35.5. The van der Waals surface area contributed by atoms with Gasteiger partial charge < -0.3 is 20.1 Å². The lowest BCUT2D eigenvalue weighted by Crippen LogP contribution is -2.30. The molecule has 2 aromatic carbocycles. The number of carbonyl (C=O) groups is 2. The van der Waals surface area contributed by atoms with Gasteiger partial charge in [0.05, 0.1) is 40.5 Å². The van der Waals surface area contributed by atoms with Crippen LogP contribution in [0.3, 0.4) is 0 Å². The summed E-state index contributed by atoms with van der Waals surface area (Å²) in [5.41, 5.74) is 4.53. The third-order valence-electron chi connectivity index (χ3n) is 5.61. The van der Waals surface area contributed by atoms with Gasteiger partial charge in [-0.3, -0.25) is 4.79 Å². The Hall–Kier alpha value is -3.25. The van der Waals surface area contributed by atoms with Crippen molar-refractivity contribution in [1.82, 2.24) is 5.32 Å². The zero-order valence-electron chi connectivity index (χ0n) is 20.6. The van der Waals surface area contributed by atoms with Crippen LogP contribution in [0.2, 0.25) is 5.02 Å². The fraction of sp³-hybridized carbons (Fsp3) is 0.296. The van der Waals surface area contributed by atoms with Crippen molar-refractivity contribution < 1.29 is 19.1 Å². The number of carbonyl (C=O) groups excluding carboxylic acids is 2. The Morgan fingerprint density at radius 1 is 1.17 bits per heavy atom. The first kappa shape index (κ1) is 27.3. The average molecular weight is 526 g/mol. The highest BCUT2D eigenvalue weighted by Gasteiger charge is 2.36. The second-order valence-corrected chi connectivity index (χ2v) is 9.65. The van der Waals surface area contributed by atoms with Crippen LogP contribution in [0.25, 0.3) is 0 Å². The molecule has 0 bridgehead atoms. The normalized spacial score (nSPS) is 15.3. The Bertz CT molecular complexity index is 1270. The monoisotopic (exact) mass is 525 g/mol. The number of allylic oxidation sites excluding steroid dienone is 2. The molecule has 36 heavy (non-hydrogen) atoms. The van der Waals surface area contributed by atoms with Crippen LogP contribution >= 0.6 is 23.4 Å². The smallest absolute Gasteiger partial charge is 0.336 e. The summed E-state index contributed by atoms with van der Waals surface area (Å²) in [7, 11) is 1.52. The molecular weight excluding hydrogens is 498 g/mol. The first-order chi connectivity index (χ1) is 17.3. The number of anilines is 1. The zero-order chi connectivity index (χ0) is 26.2. The summed E-state index contributed by atoms with van der Waals surface area (Å²) in [6, 6.07) is 15.1. The van der Waals surface area contributed by atoms with E-state index in [0.717, 1.165) is 16.8 Å². The van der Waals surface area contributed by atoms with Gasteiger partial charge in [0.2, 0.25) is 5.91 Å². The van der Waals surface area contributed by atoms with Gasteiger partial charge in [-0.25, -0.2) is 4.79 Å². The predicted octanol–water partition coefficient (Wildman–Crippen LogP) is 5.21. The largest absolute Gasteiger partial charge is 0.460 e. The van der Waals surface area contributed by atoms with Crippen LogP contribution < -0.4 is 10.6 Å². The summed E-state index contributed by atoms with van der Waals surface area (Å²) in [6.45, 7) is 5.99. The molecule has 1 unspecified atom stereocenters. The highest BCUT2D eigenvalue weighted by molar-refractivity contribution is 8.03. The Balaban J connectivity index is 1.89. The van der Waals surface area contributed by atoms with E-state index in [9.17, 15) is 14.9 Å². The molecule has 2 aromatic rings. The molecule has 0 spiro atoms. The quantitative estimate of drug-likeness (QED) is 0.342. The lowest BCUT2D eigenvalue weighted by Gasteiger charge is -2.29. The number of nitrogens with one attached hydrogen (secondary N) is 2. The standard InChI is InChI=1S/C27H28ClN3O4S/c1-16-9-10-22(17(2)13-16)31-23(32)15-36-26-20(14-29)25(19-7-5-6-8-21(19)28)24(18(3)30-26)27(33)35-12-11-34-4/h5-10,13,25,30H,11-12,15H2,1-4H3,(H,31,32). The van der Waals surface area contributed by atoms with Gasteiger partial charge in [0.1, 0.15) is 6.61 Å². The molecule has 1 aliphatic rings. The van der Waals surface area contributed by atoms with Gasteiger partial charge in [0, 0.05) is 23.5 Å². The van der Waals surface area contributed by atoms with Gasteiger partial charge in [0.25, 0.3) is 0 Å². The number of dihydropyridines is 1. The number of amides is 1. The van der Waals surface area contributed by atoms with Crippen molar-refractivity contribution in [2.75, 3.05) is 31.4 Å². The number of methoxy groups -OCH3 is 1. The van der Waals surface area contributed by atoms with Gasteiger partial charge in [-0.05, 0) is 44.0 Å². The fourth-order valence-corrected chi connectivity index (χ4v) is 5.03. The number of ether oxygens (including phenoxy) is 2. The summed E-state index contributed by atoms with van der Waals surface area (Å²) in [5.74, 6) is -1.45. The van der Waals surface area contributed by atoms with E-state index in [1.165, 1.54) is 18.9 Å². The van der Waals surface area contributed by atoms with Crippen molar-refractivity contribution in [3.63, 3.8) is 0 Å². The summed E-state index contributed by atoms with van der Waals surface area (Å²) in [4.78, 5) is 25.8. The summed E-state index contributed by atoms with van der Waals surface area (Å²) in [6.07, 6.45) is 0. The molecule has 0 radical (unpaired) electrons. The van der Waals surface area contributed by atoms with Crippen molar-refractivity contribution in [3.05, 3.63) is 86.0 Å². The van der Waals surface area contributed by atoms with Crippen LogP contribution in [0.15, 0.2) is 64.3 Å². The van der Waals surface area contributed by atoms with Crippen LogP contribution in [0.5, 0.6) is 0 Å². The van der Waals surface area contributed by atoms with Crippen molar-refractivity contribution in [3.8, 4) is 6.07 Å². The molecule has 188 valence electrons. The van der Waals surface area contributed by atoms with Gasteiger partial charge >= 0.3 is 5.97 Å². The number of nitrogens with zero attached hydrogens (tertiary/aromatic N) is 1. The number of benzene rings is 2. The lowest BCUT2D eigenvalue weighted by molar-refractivity contribution is -0.140. The molecule has 1 atom stereocenters. The third kappa shape index (κ3) is 6.49. The minimum Gasteiger partial charge on any atom is -0.460 e. The second kappa shape index (κ2) is 12.6. The van der Waals surface area contributed by atoms with E-state index in [-0.39, 0.29) is 30.4 Å². The van der Waals surface area contributed by atoms with Crippen LogP contribution in [0, 0.1) is 25.2 Å². The van der Waals surface area contributed by atoms with Crippen LogP contribution in [-0.4, -0.2) is 38.0 Å². The molecule has 2 N–H and O–H groups in total. The molecule has 0 fully saturated rings. The van der Waals surface area contributed by atoms with E-state index in [1.807, 2.05) is 32.0 Å². The minimum absolute atomic E-state index is 0.0664. The molecule has 1 aliphatic heterocycles. The Kier molecular flexibility index (Phi) is 9.59. The second-order valence-electron chi connectivity index (χ2n) is 8.26. The fourth-order valence-electron chi connectivity index (χ4n) is 3.89. The van der Waals surface area contributed by atoms with Gasteiger partial charge in [-0.15, -0.1) is 0 Å². The third-order valence-corrected chi connectivity index (χ3v) is 6.97. The van der Waals surface area contributed by atoms with E-state index in [1.54, 1.807) is 31.2 Å². The summed E-state index contributed by atoms with van der Waals surface area (Å²) in [5, 5.41) is 17.1. The molecule has 0 saturated carbocycles. The van der Waals surface area contributed by atoms with E-state index in [4.69, 9.17) is 21.1 Å². The molecule has 1 heterocycles. The maximum atomic E-state index is 13.1. The highest BCUT2D eigenvalue weighted by Crippen LogP contribution is 2.43. The van der Waals surface area contributed by atoms with Gasteiger partial charge in [-0.2, -0.15) is 5.26 Å². The molecule has 0 saturated heterocycles. The molecule has 1 amide bonds. The van der Waals surface area contributed by atoms with Gasteiger partial charge in [-0.1, -0.05) is 59.3 Å². The van der Waals surface area contributed by atoms with E-state index in [2.05, 4.69) is 16.7 Å². The van der Waals surface area contributed by atoms with Crippen molar-refractivity contribution >= 4 is 40.9 Å². The SMILES string of the molecule is COCCOC(=O)C1=C(C)NC(SCC(=O)Nc2ccc(C)cc2C)=C(C#N)C1c1ccccc1Cl. The maximum absolute atomic E-state index is 13.1. The van der Waals surface area contributed by atoms with E-state index >= 15 is 0 Å². The van der Waals surface area contributed by atoms with Crippen molar-refractivity contribution in [2.45, 2.75) is 26.7 Å². The molecule has 9 heteroatoms. The number of nitriles is 1. The van der Waals surface area contributed by atoms with E-state index in [0.29, 0.717) is 26.9 Å². The number of esters is 1. The molecule has 7 nitrogen and oxygen atoms in total. The topological polar surface area (TPSA) is 100 Å². The maximum Gasteiger partial charge on any atom is 0.336 e.